The van der Waals surface area contributed by atoms with E-state index in [2.05, 4.69) is 26.3 Å². The number of nitrogens with one attached hydrogen (secondary N) is 5. The minimum Gasteiger partial charge on any atom is -0.351 e. The van der Waals surface area contributed by atoms with Crippen molar-refractivity contribution in [2.24, 2.45) is 0 Å². The number of urea groups is 1. The summed E-state index contributed by atoms with van der Waals surface area (Å²) in [6.07, 6.45) is 2.34. The van der Waals surface area contributed by atoms with Gasteiger partial charge in [-0.2, -0.15) is 0 Å². The molecule has 1 aliphatic carbocycles. The molecule has 2 aromatic carbocycles. The molecule has 1 atom stereocenters. The first-order valence-corrected chi connectivity index (χ1v) is 10.9. The van der Waals surface area contributed by atoms with Gasteiger partial charge >= 0.3 is 6.03 Å². The van der Waals surface area contributed by atoms with E-state index in [0.29, 0.717) is 22.3 Å². The molecule has 174 valence electrons. The van der Waals surface area contributed by atoms with Crippen LogP contribution in [0.2, 0.25) is 0 Å². The highest BCUT2D eigenvalue weighted by Gasteiger charge is 2.40. The fourth-order valence-corrected chi connectivity index (χ4v) is 4.40. The lowest BCUT2D eigenvalue weighted by Crippen LogP contribution is -2.50. The van der Waals surface area contributed by atoms with Crippen molar-refractivity contribution in [2.75, 3.05) is 5.32 Å². The molecule has 34 heavy (non-hydrogen) atoms. The summed E-state index contributed by atoms with van der Waals surface area (Å²) < 4.78 is 13.5. The third-order valence-electron chi connectivity index (χ3n) is 6.36. The quantitative estimate of drug-likeness (QED) is 0.360. The van der Waals surface area contributed by atoms with E-state index in [1.165, 1.54) is 12.1 Å². The second kappa shape index (κ2) is 8.29. The number of carbonyl (C=O) groups is 4. The summed E-state index contributed by atoms with van der Waals surface area (Å²) in [4.78, 5) is 51.0. The Balaban J connectivity index is 1.25. The van der Waals surface area contributed by atoms with Crippen LogP contribution >= 0.6 is 0 Å². The second-order valence-electron chi connectivity index (χ2n) is 8.65. The summed E-state index contributed by atoms with van der Waals surface area (Å²) in [6, 6.07) is 11.6. The van der Waals surface area contributed by atoms with Gasteiger partial charge in [0.05, 0.1) is 12.0 Å². The van der Waals surface area contributed by atoms with Gasteiger partial charge in [0.2, 0.25) is 5.91 Å². The van der Waals surface area contributed by atoms with Gasteiger partial charge in [0.25, 0.3) is 11.8 Å². The first kappa shape index (κ1) is 21.6. The Hall–Kier alpha value is -4.21. The molecule has 2 fully saturated rings. The molecule has 0 spiro atoms. The van der Waals surface area contributed by atoms with Gasteiger partial charge in [0.1, 0.15) is 17.6 Å². The Morgan fingerprint density at radius 2 is 1.82 bits per heavy atom. The fraction of sp³-hybridized carbons (Fsp3) is 0.250. The number of halogens is 1. The summed E-state index contributed by atoms with van der Waals surface area (Å²) in [7, 11) is 0. The number of rotatable bonds is 6. The zero-order chi connectivity index (χ0) is 23.9. The van der Waals surface area contributed by atoms with Crippen molar-refractivity contribution >= 4 is 40.3 Å². The number of H-pyrrole nitrogens is 1. The third kappa shape index (κ3) is 4.09. The minimum absolute atomic E-state index is 0.173. The smallest absolute Gasteiger partial charge is 0.322 e. The molecule has 2 aliphatic rings. The van der Waals surface area contributed by atoms with E-state index >= 15 is 0 Å². The molecule has 5 rings (SSSR count). The van der Waals surface area contributed by atoms with Gasteiger partial charge in [-0.05, 0) is 61.2 Å². The minimum atomic E-state index is -0.888. The SMILES string of the molecule is O=C(CC1NC(=O)NC1=O)Nc1ccc(C2(NC(=O)c3cc4cc(F)ccc4[nH]3)CCC2)cc1. The predicted octanol–water partition coefficient (Wildman–Crippen LogP) is 2.65. The molecule has 9 nitrogen and oxygen atoms in total. The number of amides is 5. The molecule has 1 saturated heterocycles. The molecular weight excluding hydrogens is 441 g/mol. The molecule has 5 amide bonds. The summed E-state index contributed by atoms with van der Waals surface area (Å²) >= 11 is 0. The number of aromatic amines is 1. The number of benzene rings is 2. The number of aromatic nitrogens is 1. The van der Waals surface area contributed by atoms with E-state index in [1.807, 2.05) is 12.1 Å². The van der Waals surface area contributed by atoms with Crippen LogP contribution in [-0.4, -0.2) is 34.8 Å². The zero-order valence-corrected chi connectivity index (χ0v) is 18.0. The summed E-state index contributed by atoms with van der Waals surface area (Å²) in [5, 5.41) is 10.9. The van der Waals surface area contributed by atoms with Crippen molar-refractivity contribution in [1.29, 1.82) is 0 Å². The van der Waals surface area contributed by atoms with Crippen LogP contribution in [0.3, 0.4) is 0 Å². The molecule has 0 radical (unpaired) electrons. The highest BCUT2D eigenvalue weighted by Crippen LogP contribution is 2.41. The van der Waals surface area contributed by atoms with Crippen LogP contribution in [0.15, 0.2) is 48.5 Å². The lowest BCUT2D eigenvalue weighted by molar-refractivity contribution is -0.124. The lowest BCUT2D eigenvalue weighted by Gasteiger charge is -2.43. The monoisotopic (exact) mass is 463 g/mol. The molecule has 3 aromatic rings. The Morgan fingerprint density at radius 1 is 1.06 bits per heavy atom. The van der Waals surface area contributed by atoms with Crippen LogP contribution in [0.1, 0.15) is 41.7 Å². The summed E-state index contributed by atoms with van der Waals surface area (Å²) in [5.41, 5.74) is 1.98. The number of hydrogen-bond acceptors (Lipinski definition) is 4. The van der Waals surface area contributed by atoms with E-state index < -0.39 is 29.4 Å². The van der Waals surface area contributed by atoms with E-state index in [1.54, 1.807) is 24.3 Å². The number of imide groups is 1. The highest BCUT2D eigenvalue weighted by molar-refractivity contribution is 6.06. The number of carbonyl (C=O) groups excluding carboxylic acids is 4. The van der Waals surface area contributed by atoms with Gasteiger partial charge in [-0.1, -0.05) is 12.1 Å². The van der Waals surface area contributed by atoms with Crippen LogP contribution in [-0.2, 0) is 15.1 Å². The Bertz CT molecular complexity index is 1310. The van der Waals surface area contributed by atoms with Crippen molar-refractivity contribution in [3.8, 4) is 0 Å². The van der Waals surface area contributed by atoms with Crippen LogP contribution in [0.4, 0.5) is 14.9 Å². The maximum absolute atomic E-state index is 13.5. The van der Waals surface area contributed by atoms with Crippen LogP contribution in [0, 0.1) is 5.82 Å². The second-order valence-corrected chi connectivity index (χ2v) is 8.65. The normalized spacial score (nSPS) is 18.7. The largest absolute Gasteiger partial charge is 0.351 e. The molecule has 2 heterocycles. The molecular formula is C24H22FN5O4. The Labute approximate surface area is 193 Å². The van der Waals surface area contributed by atoms with Crippen molar-refractivity contribution in [1.82, 2.24) is 20.9 Å². The van der Waals surface area contributed by atoms with Crippen molar-refractivity contribution in [2.45, 2.75) is 37.3 Å². The standard InChI is InChI=1S/C24H22FN5O4/c25-15-4-7-17-13(10-15)11-18(27-17)22(33)30-24(8-1-9-24)14-2-5-16(6-3-14)26-20(31)12-19-21(32)29-23(34)28-19/h2-7,10-11,19,27H,1,8-9,12H2,(H,26,31)(H,30,33)(H2,28,29,32,34). The van der Waals surface area contributed by atoms with Gasteiger partial charge in [-0.3, -0.25) is 19.7 Å². The lowest BCUT2D eigenvalue weighted by atomic mass is 9.71. The summed E-state index contributed by atoms with van der Waals surface area (Å²) in [5.74, 6) is -1.57. The average Bonchev–Trinajstić information content (AvgIpc) is 3.33. The van der Waals surface area contributed by atoms with Gasteiger partial charge in [0.15, 0.2) is 0 Å². The molecule has 0 bridgehead atoms. The number of hydrogen-bond donors (Lipinski definition) is 5. The van der Waals surface area contributed by atoms with Crippen LogP contribution in [0.5, 0.6) is 0 Å². The Kier molecular flexibility index (Phi) is 5.27. The van der Waals surface area contributed by atoms with Gasteiger partial charge < -0.3 is 20.9 Å². The van der Waals surface area contributed by atoms with Crippen molar-refractivity contribution in [3.63, 3.8) is 0 Å². The first-order chi connectivity index (χ1) is 16.3. The van der Waals surface area contributed by atoms with E-state index in [0.717, 1.165) is 24.8 Å². The highest BCUT2D eigenvalue weighted by atomic mass is 19.1. The van der Waals surface area contributed by atoms with E-state index in [4.69, 9.17) is 0 Å². The predicted molar refractivity (Wildman–Crippen MR) is 121 cm³/mol. The Morgan fingerprint density at radius 3 is 2.47 bits per heavy atom. The van der Waals surface area contributed by atoms with E-state index in [-0.39, 0.29) is 18.1 Å². The maximum atomic E-state index is 13.5. The average molecular weight is 463 g/mol. The summed E-state index contributed by atoms with van der Waals surface area (Å²) in [6.45, 7) is 0. The molecule has 1 aliphatic heterocycles. The topological polar surface area (TPSA) is 132 Å². The first-order valence-electron chi connectivity index (χ1n) is 10.9. The van der Waals surface area contributed by atoms with Gasteiger partial charge in [-0.25, -0.2) is 9.18 Å². The molecule has 1 saturated carbocycles. The van der Waals surface area contributed by atoms with Crippen LogP contribution < -0.4 is 21.3 Å². The third-order valence-corrected chi connectivity index (χ3v) is 6.36. The molecule has 10 heteroatoms. The van der Waals surface area contributed by atoms with E-state index in [9.17, 15) is 23.6 Å². The fourth-order valence-electron chi connectivity index (χ4n) is 4.40. The molecule has 1 aromatic heterocycles. The van der Waals surface area contributed by atoms with Gasteiger partial charge in [-0.15, -0.1) is 0 Å². The van der Waals surface area contributed by atoms with Crippen molar-refractivity contribution < 1.29 is 23.6 Å². The number of fused-ring (bicyclic) bond motifs is 1. The van der Waals surface area contributed by atoms with Gasteiger partial charge in [0, 0.05) is 16.6 Å². The zero-order valence-electron chi connectivity index (χ0n) is 18.0. The number of anilines is 1. The molecule has 1 unspecified atom stereocenters. The van der Waals surface area contributed by atoms with Crippen molar-refractivity contribution in [3.05, 3.63) is 65.6 Å². The maximum Gasteiger partial charge on any atom is 0.322 e. The molecule has 5 N–H and O–H groups in total. The van der Waals surface area contributed by atoms with Crippen LogP contribution in [0.25, 0.3) is 10.9 Å².